The van der Waals surface area contributed by atoms with Gasteiger partial charge < -0.3 is 20.1 Å². The molecule has 2 aromatic carbocycles. The number of benzene rings is 2. The number of esters is 1. The van der Waals surface area contributed by atoms with Crippen LogP contribution < -0.4 is 15.4 Å². The molecule has 0 aromatic heterocycles. The number of aryl methyl sites for hydroxylation is 2. The van der Waals surface area contributed by atoms with Crippen molar-refractivity contribution in [2.75, 3.05) is 6.61 Å². The molecule has 0 fully saturated rings. The lowest BCUT2D eigenvalue weighted by molar-refractivity contribution is -0.140. The topological polar surface area (TPSA) is 76.7 Å². The van der Waals surface area contributed by atoms with Crippen molar-refractivity contribution < 1.29 is 19.1 Å². The van der Waals surface area contributed by atoms with Crippen LogP contribution in [0.1, 0.15) is 43.5 Å². The summed E-state index contributed by atoms with van der Waals surface area (Å²) in [7, 11) is 0. The number of carbonyl (C=O) groups is 2. The van der Waals surface area contributed by atoms with Crippen LogP contribution in [0.2, 0.25) is 0 Å². The minimum absolute atomic E-state index is 0.223. The zero-order chi connectivity index (χ0) is 21.8. The minimum Gasteiger partial charge on any atom is -0.462 e. The average molecular weight is 408 g/mol. The third kappa shape index (κ3) is 5.20. The third-order valence-electron chi connectivity index (χ3n) is 4.68. The summed E-state index contributed by atoms with van der Waals surface area (Å²) < 4.78 is 11.4. The first kappa shape index (κ1) is 21.4. The molecule has 1 aliphatic heterocycles. The predicted molar refractivity (Wildman–Crippen MR) is 115 cm³/mol. The van der Waals surface area contributed by atoms with E-state index in [1.807, 2.05) is 64.1 Å². The Hall–Kier alpha value is -3.28. The van der Waals surface area contributed by atoms with Crippen molar-refractivity contribution in [1.29, 1.82) is 0 Å². The lowest BCUT2D eigenvalue weighted by atomic mass is 9.95. The number of carbonyl (C=O) groups excluding carboxylic acids is 2. The molecule has 2 aromatic rings. The summed E-state index contributed by atoms with van der Waals surface area (Å²) in [5, 5.41) is 5.47. The Morgan fingerprint density at radius 3 is 2.23 bits per heavy atom. The number of urea groups is 1. The van der Waals surface area contributed by atoms with Gasteiger partial charge in [0.05, 0.1) is 18.2 Å². The fourth-order valence-corrected chi connectivity index (χ4v) is 3.39. The fourth-order valence-electron chi connectivity index (χ4n) is 3.39. The van der Waals surface area contributed by atoms with Crippen LogP contribution in [0.4, 0.5) is 4.79 Å². The quantitative estimate of drug-likeness (QED) is 0.665. The Morgan fingerprint density at radius 2 is 1.63 bits per heavy atom. The molecule has 3 rings (SSSR count). The van der Waals surface area contributed by atoms with Gasteiger partial charge in [0.1, 0.15) is 11.5 Å². The van der Waals surface area contributed by atoms with Gasteiger partial charge in [0.2, 0.25) is 0 Å². The van der Waals surface area contributed by atoms with Crippen molar-refractivity contribution in [3.05, 3.63) is 70.4 Å². The van der Waals surface area contributed by atoms with Crippen molar-refractivity contribution in [3.63, 3.8) is 0 Å². The Kier molecular flexibility index (Phi) is 6.45. The molecule has 1 atom stereocenters. The maximum atomic E-state index is 12.7. The lowest BCUT2D eigenvalue weighted by Gasteiger charge is -2.28. The molecular formula is C24H28N2O4. The van der Waals surface area contributed by atoms with Gasteiger partial charge >= 0.3 is 12.0 Å². The molecule has 0 bridgehead atoms. The second kappa shape index (κ2) is 9.03. The molecule has 158 valence electrons. The van der Waals surface area contributed by atoms with E-state index >= 15 is 0 Å². The fraction of sp³-hybridized carbons (Fsp3) is 0.333. The number of hydrogen-bond donors (Lipinski definition) is 2. The van der Waals surface area contributed by atoms with E-state index in [4.69, 9.17) is 9.47 Å². The zero-order valence-electron chi connectivity index (χ0n) is 18.0. The Labute approximate surface area is 177 Å². The Balaban J connectivity index is 1.82. The number of ether oxygens (including phenoxy) is 2. The molecule has 1 unspecified atom stereocenters. The van der Waals surface area contributed by atoms with Crippen LogP contribution in [-0.4, -0.2) is 18.6 Å². The van der Waals surface area contributed by atoms with E-state index in [1.54, 1.807) is 6.92 Å². The predicted octanol–water partition coefficient (Wildman–Crippen LogP) is 4.92. The molecular weight excluding hydrogens is 380 g/mol. The molecule has 0 saturated heterocycles. The number of hydrogen-bond acceptors (Lipinski definition) is 4. The second-order valence-corrected chi connectivity index (χ2v) is 8.06. The van der Waals surface area contributed by atoms with E-state index in [2.05, 4.69) is 16.7 Å². The SMILES string of the molecule is CC1=C(C(=O)OCC(C)C)C(c2ccc(Oc3cc(C)cc(C)c3)cc2)NC(=O)N1. The highest BCUT2D eigenvalue weighted by molar-refractivity contribution is 5.95. The lowest BCUT2D eigenvalue weighted by Crippen LogP contribution is -2.45. The van der Waals surface area contributed by atoms with Gasteiger partial charge in [0, 0.05) is 5.70 Å². The van der Waals surface area contributed by atoms with Gasteiger partial charge in [-0.15, -0.1) is 0 Å². The van der Waals surface area contributed by atoms with Gasteiger partial charge in [-0.3, -0.25) is 0 Å². The van der Waals surface area contributed by atoms with Crippen LogP contribution in [0.3, 0.4) is 0 Å². The highest BCUT2D eigenvalue weighted by Gasteiger charge is 2.32. The maximum Gasteiger partial charge on any atom is 0.338 e. The molecule has 2 amide bonds. The van der Waals surface area contributed by atoms with E-state index < -0.39 is 12.0 Å². The van der Waals surface area contributed by atoms with Crippen molar-refractivity contribution in [2.45, 2.75) is 40.7 Å². The normalized spacial score (nSPS) is 16.2. The first-order valence-corrected chi connectivity index (χ1v) is 10.0. The largest absolute Gasteiger partial charge is 0.462 e. The summed E-state index contributed by atoms with van der Waals surface area (Å²) >= 11 is 0. The first-order valence-electron chi connectivity index (χ1n) is 10.0. The Bertz CT molecular complexity index is 957. The minimum atomic E-state index is -0.589. The summed E-state index contributed by atoms with van der Waals surface area (Å²) in [5.41, 5.74) is 3.92. The van der Waals surface area contributed by atoms with Crippen molar-refractivity contribution >= 4 is 12.0 Å². The number of nitrogens with one attached hydrogen (secondary N) is 2. The average Bonchev–Trinajstić information content (AvgIpc) is 2.65. The van der Waals surface area contributed by atoms with Crippen LogP contribution in [0.15, 0.2) is 53.7 Å². The van der Waals surface area contributed by atoms with E-state index in [0.29, 0.717) is 23.6 Å². The highest BCUT2D eigenvalue weighted by Crippen LogP contribution is 2.30. The van der Waals surface area contributed by atoms with E-state index in [0.717, 1.165) is 22.4 Å². The zero-order valence-corrected chi connectivity index (χ0v) is 18.0. The molecule has 1 aliphatic rings. The van der Waals surface area contributed by atoms with Gasteiger partial charge in [-0.05, 0) is 67.6 Å². The van der Waals surface area contributed by atoms with Crippen LogP contribution in [0.5, 0.6) is 11.5 Å². The molecule has 6 heteroatoms. The van der Waals surface area contributed by atoms with Gasteiger partial charge in [-0.1, -0.05) is 32.0 Å². The van der Waals surface area contributed by atoms with Gasteiger partial charge in [-0.25, -0.2) is 9.59 Å². The van der Waals surface area contributed by atoms with Crippen LogP contribution in [0.25, 0.3) is 0 Å². The molecule has 0 saturated carbocycles. The van der Waals surface area contributed by atoms with E-state index in [-0.39, 0.29) is 11.9 Å². The molecule has 30 heavy (non-hydrogen) atoms. The van der Waals surface area contributed by atoms with Crippen molar-refractivity contribution in [3.8, 4) is 11.5 Å². The van der Waals surface area contributed by atoms with Crippen LogP contribution in [-0.2, 0) is 9.53 Å². The standard InChI is InChI=1S/C24H28N2O4/c1-14(2)13-29-23(27)21-17(5)25-24(28)26-22(21)18-6-8-19(9-7-18)30-20-11-15(3)10-16(4)12-20/h6-12,14,22H,13H2,1-5H3,(H2,25,26,28). The van der Waals surface area contributed by atoms with Crippen molar-refractivity contribution in [1.82, 2.24) is 10.6 Å². The van der Waals surface area contributed by atoms with Gasteiger partial charge in [0.25, 0.3) is 0 Å². The monoisotopic (exact) mass is 408 g/mol. The summed E-state index contributed by atoms with van der Waals surface area (Å²) in [5.74, 6) is 1.23. The number of allylic oxidation sites excluding steroid dienone is 1. The molecule has 0 radical (unpaired) electrons. The van der Waals surface area contributed by atoms with Crippen LogP contribution in [0, 0.1) is 19.8 Å². The van der Waals surface area contributed by atoms with Gasteiger partial charge in [-0.2, -0.15) is 0 Å². The summed E-state index contributed by atoms with van der Waals surface area (Å²) in [6.45, 7) is 10.0. The summed E-state index contributed by atoms with van der Waals surface area (Å²) in [6, 6.07) is 12.4. The molecule has 6 nitrogen and oxygen atoms in total. The first-order chi connectivity index (χ1) is 14.2. The molecule has 2 N–H and O–H groups in total. The van der Waals surface area contributed by atoms with Gasteiger partial charge in [0.15, 0.2) is 0 Å². The smallest absolute Gasteiger partial charge is 0.338 e. The molecule has 0 aliphatic carbocycles. The number of amides is 2. The van der Waals surface area contributed by atoms with E-state index in [9.17, 15) is 9.59 Å². The summed E-state index contributed by atoms with van der Waals surface area (Å²) in [4.78, 5) is 24.7. The maximum absolute atomic E-state index is 12.7. The molecule has 1 heterocycles. The second-order valence-electron chi connectivity index (χ2n) is 8.06. The van der Waals surface area contributed by atoms with Crippen LogP contribution >= 0.6 is 0 Å². The Morgan fingerprint density at radius 1 is 1.00 bits per heavy atom. The van der Waals surface area contributed by atoms with Crippen molar-refractivity contribution in [2.24, 2.45) is 5.92 Å². The summed E-state index contributed by atoms with van der Waals surface area (Å²) in [6.07, 6.45) is 0. The third-order valence-corrected chi connectivity index (χ3v) is 4.68. The molecule has 0 spiro atoms. The number of rotatable bonds is 6. The van der Waals surface area contributed by atoms with E-state index in [1.165, 1.54) is 0 Å². The highest BCUT2D eigenvalue weighted by atomic mass is 16.5.